The van der Waals surface area contributed by atoms with Gasteiger partial charge in [0.05, 0.1) is 32.1 Å². The molecule has 1 spiro atoms. The number of halogens is 8. The summed E-state index contributed by atoms with van der Waals surface area (Å²) in [4.78, 5) is 192. The molecule has 0 aromatic carbocycles. The predicted octanol–water partition coefficient (Wildman–Crippen LogP) is 6.77. The average molecular weight is 1560 g/mol. The van der Waals surface area contributed by atoms with Gasteiger partial charge in [0.2, 0.25) is 70.9 Å². The maximum atomic E-state index is 15.7. The van der Waals surface area contributed by atoms with Crippen molar-refractivity contribution >= 4 is 70.9 Å². The zero-order valence-corrected chi connectivity index (χ0v) is 65.1. The van der Waals surface area contributed by atoms with Crippen LogP contribution in [0.4, 0.5) is 35.1 Å². The Labute approximate surface area is 635 Å². The van der Waals surface area contributed by atoms with E-state index >= 15 is 47.1 Å². The molecule has 12 amide bonds. The van der Waals surface area contributed by atoms with Crippen LogP contribution in [-0.2, 0) is 62.3 Å². The molecule has 2 bridgehead atoms. The van der Waals surface area contributed by atoms with Crippen LogP contribution in [0.5, 0.6) is 0 Å². The first-order valence-corrected chi connectivity index (χ1v) is 39.7. The standard InChI is InChI=1S/C76H118F8N12O13/c1-11-45(4)62-66(101)85-46(5)67(102)91(8)55-22-13-12-18-32-96(71(55)106)58(41-47-24-27-50(28-25-47)75(79,80)81)69(104)89(6)43-59(97)86-53(29-26-48-39-51(77)61(52(78)40-48)76(82,83)84)68(103)95-33-19-23-54(95)65(100)88-74(30-16-17-31-74)73(108)93(10)63(49-20-14-15-21-49)72(107)92(9)57(70(105)94-34-36-109-37-35-94)42-60(98)90(7)56(38-44(2)3)64(99)87-62/h44-58,61-63H,11-43H2,1-10H3,(H,85,101)(H,86,97)(H,87,99)(H,88,100)/t45-,46-,47?,48?,50?,51?,52?,53-,54-,55-,56-,57-,58-,61?,62-,63-/m0/s1. The predicted molar refractivity (Wildman–Crippen MR) is 384 cm³/mol. The first kappa shape index (κ1) is 87.6. The Morgan fingerprint density at radius 1 is 0.578 bits per heavy atom. The normalized spacial score (nSPS) is 32.5. The Balaban J connectivity index is 1.19. The van der Waals surface area contributed by atoms with E-state index in [1.165, 1.54) is 71.6 Å². The van der Waals surface area contributed by atoms with E-state index in [4.69, 9.17) is 4.74 Å². The summed E-state index contributed by atoms with van der Waals surface area (Å²) in [6.07, 6.45) is -13.2. The molecule has 12 atom stereocenters. The van der Waals surface area contributed by atoms with Gasteiger partial charge in [0.1, 0.15) is 78.2 Å². The van der Waals surface area contributed by atoms with Crippen LogP contribution in [0, 0.1) is 41.4 Å². The number of likely N-dealkylation sites (N-methyl/N-ethyl adjacent to an activating group) is 5. The lowest BCUT2D eigenvalue weighted by atomic mass is 9.76. The van der Waals surface area contributed by atoms with E-state index in [2.05, 4.69) is 21.3 Å². The van der Waals surface area contributed by atoms with Crippen molar-refractivity contribution < 1.29 is 97.4 Å². The van der Waals surface area contributed by atoms with Gasteiger partial charge in [-0.25, -0.2) is 8.78 Å². The zero-order chi connectivity index (χ0) is 80.3. The summed E-state index contributed by atoms with van der Waals surface area (Å²) in [5, 5.41) is 11.2. The van der Waals surface area contributed by atoms with Crippen molar-refractivity contribution in [1.82, 2.24) is 60.5 Å². The SMILES string of the molecule is CC[C@H](C)[C@@H]1NC(=O)[C@H](CC(C)C)N(C)C(=O)C[C@@H](C(=O)N2CCOCC2)N(C)C(=O)[C@H](C2CCCC2)N(C)C(=O)C2(CCCC2)NC(=O)[C@@H]2CCCN2C(=O)[C@H](CCC2CC(F)C(C(F)(F)F)C(F)C2)NC(=O)CN(C)C(=O)[C@H](CC2CCC(C(F)(F)F)CC2)N2CCCCC[C@@H](C2=O)N(C)C(=O)[C@H](C)NC1=O. The van der Waals surface area contributed by atoms with Gasteiger partial charge >= 0.3 is 12.4 Å². The van der Waals surface area contributed by atoms with Gasteiger partial charge in [0.15, 0.2) is 0 Å². The van der Waals surface area contributed by atoms with E-state index in [9.17, 15) is 45.5 Å². The van der Waals surface area contributed by atoms with Crippen LogP contribution < -0.4 is 21.3 Å². The summed E-state index contributed by atoms with van der Waals surface area (Å²) >= 11 is 0. The summed E-state index contributed by atoms with van der Waals surface area (Å²) in [7, 11) is 6.80. The van der Waals surface area contributed by atoms with Crippen LogP contribution in [0.3, 0.4) is 0 Å². The lowest BCUT2D eigenvalue weighted by Gasteiger charge is -2.42. The van der Waals surface area contributed by atoms with Gasteiger partial charge in [-0.1, -0.05) is 72.6 Å². The molecule has 0 radical (unpaired) electrons. The molecule has 0 aromatic heterocycles. The molecule has 8 aliphatic rings. The van der Waals surface area contributed by atoms with Gasteiger partial charge < -0.3 is 65.2 Å². The highest BCUT2D eigenvalue weighted by atomic mass is 19.4. The Kier molecular flexibility index (Phi) is 30.6. The van der Waals surface area contributed by atoms with Crippen LogP contribution in [0.15, 0.2) is 0 Å². The highest BCUT2D eigenvalue weighted by molar-refractivity contribution is 6.01. The van der Waals surface area contributed by atoms with Crippen LogP contribution in [0.25, 0.3) is 0 Å². The van der Waals surface area contributed by atoms with Gasteiger partial charge in [-0.3, -0.25) is 57.5 Å². The number of morpholine rings is 1. The molecular weight excluding hydrogens is 1440 g/mol. The number of ether oxygens (including phenoxy) is 1. The van der Waals surface area contributed by atoms with Gasteiger partial charge in [-0.2, -0.15) is 26.3 Å². The maximum absolute atomic E-state index is 15.7. The summed E-state index contributed by atoms with van der Waals surface area (Å²) in [5.41, 5.74) is -1.67. The number of alkyl halides is 8. The molecule has 33 heteroatoms. The largest absolute Gasteiger partial charge is 0.397 e. The number of hydrogen-bond acceptors (Lipinski definition) is 13. The molecule has 4 N–H and O–H groups in total. The second-order valence-corrected chi connectivity index (χ2v) is 32.9. The zero-order valence-electron chi connectivity index (χ0n) is 65.1. The molecular formula is C76H118F8N12O13. The van der Waals surface area contributed by atoms with Crippen LogP contribution >= 0.6 is 0 Å². The van der Waals surface area contributed by atoms with Crippen molar-refractivity contribution in [3.8, 4) is 0 Å². The molecule has 8 rings (SSSR count). The number of hydrogen-bond donors (Lipinski definition) is 4. The summed E-state index contributed by atoms with van der Waals surface area (Å²) < 4.78 is 121. The number of rotatable bonds is 11. The molecule has 109 heavy (non-hydrogen) atoms. The van der Waals surface area contributed by atoms with Gasteiger partial charge in [0, 0.05) is 61.4 Å². The number of carbonyl (C=O) groups is 12. The summed E-state index contributed by atoms with van der Waals surface area (Å²) in [5.74, 6) is -16.6. The lowest BCUT2D eigenvalue weighted by molar-refractivity contribution is -0.219. The second kappa shape index (κ2) is 38.0. The molecule has 4 aliphatic carbocycles. The fourth-order valence-corrected chi connectivity index (χ4v) is 18.1. The van der Waals surface area contributed by atoms with Crippen molar-refractivity contribution in [2.45, 2.75) is 286 Å². The minimum Gasteiger partial charge on any atom is -0.378 e. The smallest absolute Gasteiger partial charge is 0.378 e. The van der Waals surface area contributed by atoms with Crippen molar-refractivity contribution in [2.75, 3.05) is 81.2 Å². The van der Waals surface area contributed by atoms with Crippen molar-refractivity contribution in [3.63, 3.8) is 0 Å². The average Bonchev–Trinajstić information content (AvgIpc) is 1.73. The molecule has 4 heterocycles. The van der Waals surface area contributed by atoms with E-state index in [0.717, 1.165) is 9.80 Å². The minimum absolute atomic E-state index is 0.0142. The first-order chi connectivity index (χ1) is 51.3. The number of nitrogens with zero attached hydrogens (tertiary/aromatic N) is 8. The Morgan fingerprint density at radius 2 is 1.18 bits per heavy atom. The third kappa shape index (κ3) is 21.4. The fraction of sp³-hybridized carbons (Fsp3) is 0.842. The Hall–Kier alpha value is -6.96. The van der Waals surface area contributed by atoms with E-state index in [1.807, 2.05) is 13.8 Å². The number of fused-ring (bicyclic) bond motifs is 3. The Morgan fingerprint density at radius 3 is 1.78 bits per heavy atom. The van der Waals surface area contributed by atoms with E-state index < -0.39 is 223 Å². The number of amides is 12. The lowest BCUT2D eigenvalue weighted by Crippen LogP contribution is -2.65. The van der Waals surface area contributed by atoms with Gasteiger partial charge in [0.25, 0.3) is 0 Å². The first-order valence-electron chi connectivity index (χ1n) is 39.7. The topological polar surface area (TPSA) is 288 Å². The highest BCUT2D eigenvalue weighted by Crippen LogP contribution is 2.46. The molecule has 4 saturated heterocycles. The van der Waals surface area contributed by atoms with E-state index in [-0.39, 0.29) is 122 Å². The second-order valence-electron chi connectivity index (χ2n) is 32.9. The molecule has 2 unspecified atom stereocenters. The monoisotopic (exact) mass is 1560 g/mol. The van der Waals surface area contributed by atoms with Gasteiger partial charge in [-0.05, 0) is 152 Å². The summed E-state index contributed by atoms with van der Waals surface area (Å²) in [6.45, 7) is 8.04. The number of carbonyl (C=O) groups excluding carboxylic acids is 12. The summed E-state index contributed by atoms with van der Waals surface area (Å²) in [6, 6.07) is -12.4. The highest BCUT2D eigenvalue weighted by Gasteiger charge is 2.56. The molecule has 8 fully saturated rings. The van der Waals surface area contributed by atoms with Crippen molar-refractivity contribution in [2.24, 2.45) is 41.4 Å². The van der Waals surface area contributed by atoms with Crippen LogP contribution in [0.1, 0.15) is 202 Å². The van der Waals surface area contributed by atoms with E-state index in [1.54, 1.807) is 13.8 Å². The van der Waals surface area contributed by atoms with Crippen molar-refractivity contribution in [3.05, 3.63) is 0 Å². The third-order valence-corrected chi connectivity index (χ3v) is 24.9. The van der Waals surface area contributed by atoms with E-state index in [0.29, 0.717) is 64.2 Å². The number of nitrogens with one attached hydrogen (secondary N) is 4. The van der Waals surface area contributed by atoms with Crippen LogP contribution in [-0.4, -0.2) is 276 Å². The molecule has 4 aliphatic heterocycles. The minimum atomic E-state index is -5.20. The molecule has 4 saturated carbocycles. The quantitative estimate of drug-likeness (QED) is 0.156. The molecule has 0 aromatic rings. The molecule has 616 valence electrons. The maximum Gasteiger partial charge on any atom is 0.397 e. The third-order valence-electron chi connectivity index (χ3n) is 24.9. The van der Waals surface area contributed by atoms with Gasteiger partial charge in [-0.15, -0.1) is 0 Å². The van der Waals surface area contributed by atoms with Crippen LogP contribution in [0.2, 0.25) is 0 Å². The molecule has 25 nitrogen and oxygen atoms in total. The Bertz CT molecular complexity index is 3210. The van der Waals surface area contributed by atoms with Crippen molar-refractivity contribution in [1.29, 1.82) is 0 Å². The fourth-order valence-electron chi connectivity index (χ4n) is 18.1.